The molecule has 0 fully saturated rings. The fraction of sp³-hybridized carbons (Fsp3) is 0.100. The third-order valence-corrected chi connectivity index (χ3v) is 5.49. The highest BCUT2D eigenvalue weighted by atomic mass is 79.9. The molecular formula is C20H15BrCl3NO. The van der Waals surface area contributed by atoms with Gasteiger partial charge in [-0.2, -0.15) is 0 Å². The maximum absolute atomic E-state index is 6.36. The van der Waals surface area contributed by atoms with Crippen LogP contribution in [0.4, 0.5) is 5.69 Å². The lowest BCUT2D eigenvalue weighted by atomic mass is 10.2. The Labute approximate surface area is 176 Å². The molecule has 0 aliphatic carbocycles. The Kier molecular flexibility index (Phi) is 6.71. The summed E-state index contributed by atoms with van der Waals surface area (Å²) < 4.78 is 6.65. The minimum Gasteiger partial charge on any atom is -0.486 e. The molecule has 0 heterocycles. The van der Waals surface area contributed by atoms with Crippen LogP contribution in [0.25, 0.3) is 0 Å². The van der Waals surface area contributed by atoms with Crippen molar-refractivity contribution in [2.75, 3.05) is 5.32 Å². The van der Waals surface area contributed by atoms with Gasteiger partial charge in [0.25, 0.3) is 0 Å². The van der Waals surface area contributed by atoms with Crippen LogP contribution in [-0.2, 0) is 13.2 Å². The van der Waals surface area contributed by atoms with Gasteiger partial charge in [0.2, 0.25) is 0 Å². The van der Waals surface area contributed by atoms with E-state index < -0.39 is 0 Å². The zero-order valence-corrected chi connectivity index (χ0v) is 17.5. The minimum atomic E-state index is 0.412. The van der Waals surface area contributed by atoms with Gasteiger partial charge in [-0.05, 0) is 57.4 Å². The van der Waals surface area contributed by atoms with E-state index in [-0.39, 0.29) is 0 Å². The third kappa shape index (κ3) is 5.08. The highest BCUT2D eigenvalue weighted by Crippen LogP contribution is 2.35. The number of benzene rings is 3. The van der Waals surface area contributed by atoms with E-state index in [4.69, 9.17) is 39.5 Å². The number of halogens is 4. The van der Waals surface area contributed by atoms with Crippen molar-refractivity contribution in [3.8, 4) is 5.75 Å². The molecule has 0 aromatic heterocycles. The normalized spacial score (nSPS) is 10.6. The smallest absolute Gasteiger partial charge is 0.156 e. The van der Waals surface area contributed by atoms with Crippen molar-refractivity contribution in [2.24, 2.45) is 0 Å². The summed E-state index contributed by atoms with van der Waals surface area (Å²) in [5.41, 5.74) is 2.92. The summed E-state index contributed by atoms with van der Waals surface area (Å²) >= 11 is 22.2. The maximum atomic E-state index is 6.36. The lowest BCUT2D eigenvalue weighted by Gasteiger charge is -2.13. The van der Waals surface area contributed by atoms with E-state index in [0.29, 0.717) is 34.0 Å². The second-order valence-electron chi connectivity index (χ2n) is 5.65. The Morgan fingerprint density at radius 1 is 0.808 bits per heavy atom. The highest BCUT2D eigenvalue weighted by Gasteiger charge is 2.10. The molecule has 0 bridgehead atoms. The van der Waals surface area contributed by atoms with Crippen molar-refractivity contribution in [3.05, 3.63) is 91.3 Å². The number of nitrogens with one attached hydrogen (secondary N) is 1. The Hall–Kier alpha value is -1.39. The summed E-state index contributed by atoms with van der Waals surface area (Å²) in [5, 5.41) is 4.92. The van der Waals surface area contributed by atoms with E-state index in [1.54, 1.807) is 0 Å². The van der Waals surface area contributed by atoms with Crippen LogP contribution in [0.15, 0.2) is 65.1 Å². The summed E-state index contributed by atoms with van der Waals surface area (Å²) in [6.07, 6.45) is 0. The van der Waals surface area contributed by atoms with Gasteiger partial charge in [-0.15, -0.1) is 0 Å². The standard InChI is InChI=1S/C20H15BrCl3NO/c21-16-7-6-15(10-17(16)22)25-11-14-8-18(23)20(19(24)9-14)26-12-13-4-2-1-3-5-13/h1-10,25H,11-12H2. The number of anilines is 1. The zero-order chi connectivity index (χ0) is 18.5. The number of rotatable bonds is 6. The number of ether oxygens (including phenoxy) is 1. The SMILES string of the molecule is Clc1cc(NCc2cc(Cl)c(OCc3ccccc3)c(Cl)c2)ccc1Br. The van der Waals surface area contributed by atoms with Gasteiger partial charge in [0, 0.05) is 16.7 Å². The molecule has 0 saturated carbocycles. The van der Waals surface area contributed by atoms with Crippen molar-refractivity contribution in [3.63, 3.8) is 0 Å². The van der Waals surface area contributed by atoms with Crippen LogP contribution in [0, 0.1) is 0 Å². The molecule has 3 aromatic rings. The van der Waals surface area contributed by atoms with E-state index in [1.165, 1.54) is 0 Å². The van der Waals surface area contributed by atoms with Crippen LogP contribution >= 0.6 is 50.7 Å². The summed E-state index contributed by atoms with van der Waals surface area (Å²) in [6, 6.07) is 19.3. The predicted molar refractivity (Wildman–Crippen MR) is 114 cm³/mol. The summed E-state index contributed by atoms with van der Waals surface area (Å²) in [5.74, 6) is 0.493. The van der Waals surface area contributed by atoms with Gasteiger partial charge >= 0.3 is 0 Å². The summed E-state index contributed by atoms with van der Waals surface area (Å²) in [4.78, 5) is 0. The molecule has 6 heteroatoms. The Balaban J connectivity index is 1.67. The molecule has 3 aromatic carbocycles. The van der Waals surface area contributed by atoms with E-state index in [0.717, 1.165) is 21.3 Å². The van der Waals surface area contributed by atoms with Gasteiger partial charge in [-0.25, -0.2) is 0 Å². The highest BCUT2D eigenvalue weighted by molar-refractivity contribution is 9.10. The first-order chi connectivity index (χ1) is 12.5. The molecule has 0 amide bonds. The van der Waals surface area contributed by atoms with E-state index in [2.05, 4.69) is 21.2 Å². The topological polar surface area (TPSA) is 21.3 Å². The lowest BCUT2D eigenvalue weighted by molar-refractivity contribution is 0.306. The van der Waals surface area contributed by atoms with Gasteiger partial charge < -0.3 is 10.1 Å². The van der Waals surface area contributed by atoms with Crippen molar-refractivity contribution < 1.29 is 4.74 Å². The van der Waals surface area contributed by atoms with Crippen LogP contribution in [-0.4, -0.2) is 0 Å². The molecule has 3 rings (SSSR count). The van der Waals surface area contributed by atoms with Crippen molar-refractivity contribution in [1.29, 1.82) is 0 Å². The minimum absolute atomic E-state index is 0.412. The molecule has 134 valence electrons. The largest absolute Gasteiger partial charge is 0.486 e. The lowest BCUT2D eigenvalue weighted by Crippen LogP contribution is -2.01. The van der Waals surface area contributed by atoms with E-state index in [9.17, 15) is 0 Å². The van der Waals surface area contributed by atoms with Crippen LogP contribution in [0.1, 0.15) is 11.1 Å². The molecule has 26 heavy (non-hydrogen) atoms. The molecule has 0 unspecified atom stereocenters. The van der Waals surface area contributed by atoms with Gasteiger partial charge in [-0.1, -0.05) is 65.1 Å². The molecule has 0 spiro atoms. The summed E-state index contributed by atoms with van der Waals surface area (Å²) in [6.45, 7) is 0.978. The molecule has 1 N–H and O–H groups in total. The molecule has 0 saturated heterocycles. The molecule has 0 aliphatic rings. The predicted octanol–water partition coefficient (Wildman–Crippen LogP) is 7.60. The Morgan fingerprint density at radius 2 is 1.50 bits per heavy atom. The quantitative estimate of drug-likeness (QED) is 0.400. The first kappa shape index (κ1) is 19.4. The number of hydrogen-bond acceptors (Lipinski definition) is 2. The van der Waals surface area contributed by atoms with Gasteiger partial charge in [-0.3, -0.25) is 0 Å². The van der Waals surface area contributed by atoms with Crippen molar-refractivity contribution >= 4 is 56.4 Å². The van der Waals surface area contributed by atoms with Gasteiger partial charge in [0.15, 0.2) is 5.75 Å². The number of hydrogen-bond donors (Lipinski definition) is 1. The first-order valence-electron chi connectivity index (χ1n) is 7.86. The van der Waals surface area contributed by atoms with Crippen LogP contribution in [0.5, 0.6) is 5.75 Å². The first-order valence-corrected chi connectivity index (χ1v) is 9.79. The monoisotopic (exact) mass is 469 g/mol. The fourth-order valence-electron chi connectivity index (χ4n) is 2.39. The molecule has 0 atom stereocenters. The van der Waals surface area contributed by atoms with Crippen molar-refractivity contribution in [1.82, 2.24) is 0 Å². The molecular weight excluding hydrogens is 456 g/mol. The Bertz CT molecular complexity index is 880. The maximum Gasteiger partial charge on any atom is 0.156 e. The van der Waals surface area contributed by atoms with E-state index in [1.807, 2.05) is 60.7 Å². The van der Waals surface area contributed by atoms with E-state index >= 15 is 0 Å². The molecule has 2 nitrogen and oxygen atoms in total. The van der Waals surface area contributed by atoms with Crippen LogP contribution in [0.2, 0.25) is 15.1 Å². The average molecular weight is 472 g/mol. The molecule has 0 aliphatic heterocycles. The van der Waals surface area contributed by atoms with Gasteiger partial charge in [0.05, 0.1) is 15.1 Å². The van der Waals surface area contributed by atoms with Crippen molar-refractivity contribution in [2.45, 2.75) is 13.2 Å². The second-order valence-corrected chi connectivity index (χ2v) is 7.72. The summed E-state index contributed by atoms with van der Waals surface area (Å²) in [7, 11) is 0. The zero-order valence-electron chi connectivity index (χ0n) is 13.6. The fourth-order valence-corrected chi connectivity index (χ4v) is 3.46. The average Bonchev–Trinajstić information content (AvgIpc) is 2.63. The Morgan fingerprint density at radius 3 is 2.15 bits per heavy atom. The van der Waals surface area contributed by atoms with Gasteiger partial charge in [0.1, 0.15) is 6.61 Å². The van der Waals surface area contributed by atoms with Crippen LogP contribution < -0.4 is 10.1 Å². The molecule has 0 radical (unpaired) electrons. The van der Waals surface area contributed by atoms with Crippen LogP contribution in [0.3, 0.4) is 0 Å². The third-order valence-electron chi connectivity index (χ3n) is 3.70. The second kappa shape index (κ2) is 9.01.